The SMILES string of the molecule is NC(Cc1ccc(Br)s1)C1CCS(=O)(=O)C1. The van der Waals surface area contributed by atoms with Crippen LogP contribution in [0.4, 0.5) is 0 Å². The maximum atomic E-state index is 11.3. The Hall–Kier alpha value is 0.0900. The molecule has 1 aliphatic rings. The predicted molar refractivity (Wildman–Crippen MR) is 70.5 cm³/mol. The number of rotatable bonds is 3. The first-order valence-corrected chi connectivity index (χ1v) is 8.59. The summed E-state index contributed by atoms with van der Waals surface area (Å²) in [6.07, 6.45) is 1.49. The van der Waals surface area contributed by atoms with Crippen LogP contribution in [0.2, 0.25) is 0 Å². The molecule has 2 rings (SSSR count). The highest BCUT2D eigenvalue weighted by atomic mass is 79.9. The zero-order valence-electron chi connectivity index (χ0n) is 8.73. The van der Waals surface area contributed by atoms with E-state index >= 15 is 0 Å². The van der Waals surface area contributed by atoms with Crippen molar-refractivity contribution in [3.8, 4) is 0 Å². The summed E-state index contributed by atoms with van der Waals surface area (Å²) in [7, 11) is -2.81. The van der Waals surface area contributed by atoms with Gasteiger partial charge in [0.25, 0.3) is 0 Å². The second-order valence-corrected chi connectivity index (χ2v) is 9.01. The molecule has 2 unspecified atom stereocenters. The van der Waals surface area contributed by atoms with Gasteiger partial charge in [-0.05, 0) is 46.8 Å². The summed E-state index contributed by atoms with van der Waals surface area (Å²) in [5.41, 5.74) is 6.07. The van der Waals surface area contributed by atoms with Crippen LogP contribution in [0.5, 0.6) is 0 Å². The Morgan fingerprint density at radius 2 is 2.31 bits per heavy atom. The van der Waals surface area contributed by atoms with Crippen LogP contribution in [0.25, 0.3) is 0 Å². The Bertz CT molecular complexity index is 469. The van der Waals surface area contributed by atoms with Crippen LogP contribution < -0.4 is 5.73 Å². The van der Waals surface area contributed by atoms with Crippen molar-refractivity contribution in [1.29, 1.82) is 0 Å². The summed E-state index contributed by atoms with van der Waals surface area (Å²) in [6, 6.07) is 4.00. The standard InChI is InChI=1S/C10H14BrNO2S2/c11-10-2-1-8(15-10)5-9(12)7-3-4-16(13,14)6-7/h1-2,7,9H,3-6,12H2. The van der Waals surface area contributed by atoms with E-state index in [0.717, 1.165) is 16.6 Å². The Morgan fingerprint density at radius 3 is 2.81 bits per heavy atom. The normalized spacial score (nSPS) is 25.8. The Labute approximate surface area is 108 Å². The van der Waals surface area contributed by atoms with Crippen LogP contribution in [-0.2, 0) is 16.3 Å². The topological polar surface area (TPSA) is 60.2 Å². The molecule has 0 aliphatic carbocycles. The van der Waals surface area contributed by atoms with Crippen molar-refractivity contribution < 1.29 is 8.42 Å². The van der Waals surface area contributed by atoms with Crippen LogP contribution in [0.1, 0.15) is 11.3 Å². The zero-order valence-corrected chi connectivity index (χ0v) is 11.9. The van der Waals surface area contributed by atoms with Gasteiger partial charge in [-0.15, -0.1) is 11.3 Å². The quantitative estimate of drug-likeness (QED) is 0.922. The second kappa shape index (κ2) is 4.76. The molecule has 1 fully saturated rings. The highest BCUT2D eigenvalue weighted by Crippen LogP contribution is 2.27. The van der Waals surface area contributed by atoms with E-state index < -0.39 is 9.84 Å². The van der Waals surface area contributed by atoms with Gasteiger partial charge in [0.15, 0.2) is 9.84 Å². The Morgan fingerprint density at radius 1 is 1.56 bits per heavy atom. The molecule has 0 saturated carbocycles. The average Bonchev–Trinajstić information content (AvgIpc) is 2.72. The molecule has 0 aromatic carbocycles. The van der Waals surface area contributed by atoms with Crippen LogP contribution in [0.15, 0.2) is 15.9 Å². The van der Waals surface area contributed by atoms with Crippen LogP contribution in [0.3, 0.4) is 0 Å². The maximum absolute atomic E-state index is 11.3. The summed E-state index contributed by atoms with van der Waals surface area (Å²) in [5, 5.41) is 0. The van der Waals surface area contributed by atoms with E-state index in [1.807, 2.05) is 12.1 Å². The number of thiophene rings is 1. The fourth-order valence-corrected chi connectivity index (χ4v) is 5.47. The third-order valence-corrected chi connectivity index (χ3v) is 6.38. The first-order valence-electron chi connectivity index (χ1n) is 5.16. The summed E-state index contributed by atoms with van der Waals surface area (Å²) >= 11 is 5.07. The smallest absolute Gasteiger partial charge is 0.150 e. The molecule has 0 bridgehead atoms. The summed E-state index contributed by atoms with van der Waals surface area (Å²) in [5.74, 6) is 0.700. The number of halogens is 1. The van der Waals surface area contributed by atoms with Crippen molar-refractivity contribution >= 4 is 37.1 Å². The lowest BCUT2D eigenvalue weighted by molar-refractivity contribution is 0.463. The number of sulfone groups is 1. The van der Waals surface area contributed by atoms with Gasteiger partial charge >= 0.3 is 0 Å². The van der Waals surface area contributed by atoms with E-state index in [1.165, 1.54) is 4.88 Å². The van der Waals surface area contributed by atoms with Crippen molar-refractivity contribution in [3.05, 3.63) is 20.8 Å². The van der Waals surface area contributed by atoms with Crippen molar-refractivity contribution in [2.75, 3.05) is 11.5 Å². The first kappa shape index (κ1) is 12.5. The van der Waals surface area contributed by atoms with Crippen molar-refractivity contribution in [2.24, 2.45) is 11.7 Å². The fraction of sp³-hybridized carbons (Fsp3) is 0.600. The minimum Gasteiger partial charge on any atom is -0.327 e. The van der Waals surface area contributed by atoms with Gasteiger partial charge in [0.05, 0.1) is 15.3 Å². The summed E-state index contributed by atoms with van der Waals surface area (Å²) in [6.45, 7) is 0. The van der Waals surface area contributed by atoms with Gasteiger partial charge in [-0.25, -0.2) is 8.42 Å². The van der Waals surface area contributed by atoms with Gasteiger partial charge < -0.3 is 5.73 Å². The van der Waals surface area contributed by atoms with Gasteiger partial charge in [0.2, 0.25) is 0 Å². The lowest BCUT2D eigenvalue weighted by atomic mass is 9.97. The molecule has 16 heavy (non-hydrogen) atoms. The molecule has 1 aromatic heterocycles. The third kappa shape index (κ3) is 3.06. The molecule has 90 valence electrons. The lowest BCUT2D eigenvalue weighted by Gasteiger charge is -2.16. The molecule has 2 atom stereocenters. The zero-order chi connectivity index (χ0) is 11.8. The van der Waals surface area contributed by atoms with E-state index in [0.29, 0.717) is 5.75 Å². The molecule has 1 saturated heterocycles. The molecule has 2 N–H and O–H groups in total. The maximum Gasteiger partial charge on any atom is 0.150 e. The molecular formula is C10H14BrNO2S2. The van der Waals surface area contributed by atoms with Crippen LogP contribution >= 0.6 is 27.3 Å². The molecule has 0 radical (unpaired) electrons. The molecule has 0 spiro atoms. The number of hydrogen-bond acceptors (Lipinski definition) is 4. The van der Waals surface area contributed by atoms with Gasteiger partial charge in [0, 0.05) is 10.9 Å². The van der Waals surface area contributed by atoms with E-state index in [9.17, 15) is 8.42 Å². The summed E-state index contributed by atoms with van der Waals surface area (Å²) < 4.78 is 23.8. The molecule has 2 heterocycles. The molecule has 3 nitrogen and oxygen atoms in total. The fourth-order valence-electron chi connectivity index (χ4n) is 2.02. The highest BCUT2D eigenvalue weighted by molar-refractivity contribution is 9.11. The summed E-state index contributed by atoms with van der Waals surface area (Å²) in [4.78, 5) is 1.21. The minimum atomic E-state index is -2.81. The molecule has 6 heteroatoms. The molecule has 0 amide bonds. The minimum absolute atomic E-state index is 0.0391. The van der Waals surface area contributed by atoms with Gasteiger partial charge in [-0.1, -0.05) is 0 Å². The van der Waals surface area contributed by atoms with Crippen molar-refractivity contribution in [1.82, 2.24) is 0 Å². The average molecular weight is 324 g/mol. The van der Waals surface area contributed by atoms with Gasteiger partial charge in [0.1, 0.15) is 0 Å². The second-order valence-electron chi connectivity index (χ2n) is 4.24. The molecule has 1 aromatic rings. The lowest BCUT2D eigenvalue weighted by Crippen LogP contribution is -2.32. The van der Waals surface area contributed by atoms with Crippen molar-refractivity contribution in [3.63, 3.8) is 0 Å². The van der Waals surface area contributed by atoms with Gasteiger partial charge in [-0.3, -0.25) is 0 Å². The highest BCUT2D eigenvalue weighted by Gasteiger charge is 2.32. The van der Waals surface area contributed by atoms with Gasteiger partial charge in [-0.2, -0.15) is 0 Å². The largest absolute Gasteiger partial charge is 0.327 e. The van der Waals surface area contributed by atoms with Crippen LogP contribution in [-0.4, -0.2) is 26.0 Å². The third-order valence-electron chi connectivity index (χ3n) is 2.94. The Kier molecular flexibility index (Phi) is 3.73. The monoisotopic (exact) mass is 323 g/mol. The first-order chi connectivity index (χ1) is 7.46. The van der Waals surface area contributed by atoms with Crippen molar-refractivity contribution in [2.45, 2.75) is 18.9 Å². The van der Waals surface area contributed by atoms with E-state index in [2.05, 4.69) is 15.9 Å². The predicted octanol–water partition coefficient (Wildman–Crippen LogP) is 1.82. The number of hydrogen-bond donors (Lipinski definition) is 1. The molecule has 1 aliphatic heterocycles. The number of nitrogens with two attached hydrogens (primary N) is 1. The van der Waals surface area contributed by atoms with E-state index in [-0.39, 0.29) is 17.7 Å². The van der Waals surface area contributed by atoms with E-state index in [1.54, 1.807) is 11.3 Å². The molecular weight excluding hydrogens is 310 g/mol. The van der Waals surface area contributed by atoms with E-state index in [4.69, 9.17) is 5.73 Å². The Balaban J connectivity index is 1.96. The van der Waals surface area contributed by atoms with Crippen LogP contribution in [0, 0.1) is 5.92 Å².